The van der Waals surface area contributed by atoms with Gasteiger partial charge in [0.2, 0.25) is 23.5 Å². The van der Waals surface area contributed by atoms with Crippen LogP contribution in [0.4, 0.5) is 17.3 Å². The zero-order chi connectivity index (χ0) is 68.5. The van der Waals surface area contributed by atoms with Crippen molar-refractivity contribution in [3.63, 3.8) is 0 Å². The summed E-state index contributed by atoms with van der Waals surface area (Å²) in [6, 6.07) is 13.5. The number of carbonyl (C=O) groups excluding carboxylic acids is 2. The first kappa shape index (κ1) is 76.5. The van der Waals surface area contributed by atoms with Gasteiger partial charge in [0.05, 0.1) is 77.3 Å². The fourth-order valence-corrected chi connectivity index (χ4v) is 16.3. The van der Waals surface area contributed by atoms with Crippen LogP contribution in [0.2, 0.25) is 0 Å². The lowest BCUT2D eigenvalue weighted by atomic mass is 9.81. The number of unbranched alkanes of at least 4 members (excludes halogenated alkanes) is 2. The SMILES string of the molecule is CCN1/C(=C/C=C/C=C/C2=[N+](CCCCCC(=O)NCCOCCOCCOCCOCCC(=O)NCC(C)(C)SSCO[C@@H]3C[C@H](n4cnc5c(=O)[nH]c(N)nc54)O[C@@H]3COP(=O)(O)OP(=O)(O)OP(=O)(O)O)c3ccc(C)cc3C2(C)C)C(C)(C)c2cc(C)ccc21. The number of likely N-dealkylation sites (N-methyl/N-ethyl adjacent to an activating group) is 1. The number of aromatic nitrogens is 4. The van der Waals surface area contributed by atoms with E-state index >= 15 is 0 Å². The quantitative estimate of drug-likeness (QED) is 0.00516. The van der Waals surface area contributed by atoms with E-state index in [0.717, 1.165) is 32.4 Å². The summed E-state index contributed by atoms with van der Waals surface area (Å²) in [6.45, 7) is 23.8. The van der Waals surface area contributed by atoms with E-state index in [1.165, 1.54) is 77.5 Å². The molecule has 33 heteroatoms. The Balaban J connectivity index is 0.697. The van der Waals surface area contributed by atoms with Gasteiger partial charge in [-0.1, -0.05) is 83.0 Å². The maximum atomic E-state index is 12.7. The zero-order valence-corrected chi connectivity index (χ0v) is 59.0. The molecule has 3 aliphatic rings. The molecular weight excluding hydrogens is 1320 g/mol. The van der Waals surface area contributed by atoms with E-state index in [0.29, 0.717) is 52.6 Å². The number of carbonyl (C=O) groups is 2. The van der Waals surface area contributed by atoms with Crippen LogP contribution in [0.25, 0.3) is 11.2 Å². The number of aryl methyl sites for hydroxylation is 2. The summed E-state index contributed by atoms with van der Waals surface area (Å²) >= 11 is 0. The first-order chi connectivity index (χ1) is 44.4. The van der Waals surface area contributed by atoms with Gasteiger partial charge in [-0.05, 0) is 85.1 Å². The topological polar surface area (TPSA) is 369 Å². The average molecular weight is 1410 g/mol. The van der Waals surface area contributed by atoms with E-state index in [4.69, 9.17) is 48.5 Å². The second-order valence-corrected chi connectivity index (χ2v) is 31.7. The molecule has 520 valence electrons. The number of phosphoric ester groups is 1. The number of nitrogen functional groups attached to an aromatic ring is 1. The summed E-state index contributed by atoms with van der Waals surface area (Å²) in [5.41, 5.74) is 15.2. The van der Waals surface area contributed by atoms with Crippen molar-refractivity contribution < 1.29 is 89.0 Å². The van der Waals surface area contributed by atoms with Crippen molar-refractivity contribution in [2.24, 2.45) is 0 Å². The van der Waals surface area contributed by atoms with E-state index < -0.39 is 58.8 Å². The molecule has 4 aromatic rings. The Kier molecular flexibility index (Phi) is 28.1. The molecule has 5 atom stereocenters. The van der Waals surface area contributed by atoms with E-state index in [1.807, 2.05) is 13.8 Å². The third-order valence-corrected chi connectivity index (χ3v) is 22.4. The summed E-state index contributed by atoms with van der Waals surface area (Å²) in [7, 11) is -14.2. The highest BCUT2D eigenvalue weighted by atomic mass is 33.1. The Labute approximate surface area is 556 Å². The number of nitrogens with zero attached hydrogens (tertiary/aromatic N) is 5. The van der Waals surface area contributed by atoms with Crippen molar-refractivity contribution in [1.82, 2.24) is 30.2 Å². The minimum Gasteiger partial charge on any atom is -0.379 e. The Bertz CT molecular complexity index is 3590. The second kappa shape index (κ2) is 34.5. The third kappa shape index (κ3) is 22.3. The van der Waals surface area contributed by atoms with Crippen LogP contribution in [0, 0.1) is 13.8 Å². The van der Waals surface area contributed by atoms with Gasteiger partial charge in [0, 0.05) is 84.6 Å². The van der Waals surface area contributed by atoms with Crippen LogP contribution in [0.3, 0.4) is 0 Å². The minimum atomic E-state index is -5.78. The molecule has 2 unspecified atom stereocenters. The summed E-state index contributed by atoms with van der Waals surface area (Å²) in [6.07, 6.45) is 12.6. The largest absolute Gasteiger partial charge is 0.490 e. The van der Waals surface area contributed by atoms with Crippen LogP contribution in [0.1, 0.15) is 115 Å². The van der Waals surface area contributed by atoms with Gasteiger partial charge in [-0.15, -0.1) is 0 Å². The number of rotatable bonds is 40. The van der Waals surface area contributed by atoms with Crippen molar-refractivity contribution in [2.75, 3.05) is 102 Å². The molecule has 1 saturated heterocycles. The second-order valence-electron chi connectivity index (χ2n) is 24.3. The minimum absolute atomic E-state index is 0.0107. The lowest BCUT2D eigenvalue weighted by Crippen LogP contribution is -2.36. The van der Waals surface area contributed by atoms with E-state index in [9.17, 15) is 37.9 Å². The molecule has 28 nitrogen and oxygen atoms in total. The van der Waals surface area contributed by atoms with Gasteiger partial charge < -0.3 is 69.3 Å². The number of allylic oxidation sites excluding steroid dienone is 6. The number of nitrogens with two attached hydrogens (primary N) is 1. The van der Waals surface area contributed by atoms with Crippen molar-refractivity contribution in [2.45, 2.75) is 135 Å². The summed E-state index contributed by atoms with van der Waals surface area (Å²) in [4.78, 5) is 88.1. The number of hydrogen-bond acceptors (Lipinski definition) is 21. The number of H-pyrrole nitrogens is 1. The molecule has 1 fully saturated rings. The zero-order valence-electron chi connectivity index (χ0n) is 54.7. The Morgan fingerprint density at radius 3 is 2.19 bits per heavy atom. The Morgan fingerprint density at radius 2 is 1.50 bits per heavy atom. The van der Waals surface area contributed by atoms with Crippen molar-refractivity contribution in [1.29, 1.82) is 0 Å². The first-order valence-electron chi connectivity index (χ1n) is 31.0. The molecule has 2 aromatic heterocycles. The number of benzene rings is 2. The van der Waals surface area contributed by atoms with Crippen LogP contribution in [0.15, 0.2) is 83.6 Å². The maximum Gasteiger partial charge on any atom is 0.490 e. The lowest BCUT2D eigenvalue weighted by Gasteiger charge is -2.25. The molecule has 94 heavy (non-hydrogen) atoms. The van der Waals surface area contributed by atoms with Crippen molar-refractivity contribution in [3.8, 4) is 0 Å². The van der Waals surface area contributed by atoms with Crippen molar-refractivity contribution >= 4 is 91.1 Å². The van der Waals surface area contributed by atoms with Crippen LogP contribution in [0.5, 0.6) is 0 Å². The van der Waals surface area contributed by atoms with Crippen LogP contribution >= 0.6 is 45.1 Å². The smallest absolute Gasteiger partial charge is 0.379 e. The van der Waals surface area contributed by atoms with Crippen LogP contribution < -0.4 is 26.8 Å². The van der Waals surface area contributed by atoms with Gasteiger partial charge in [-0.25, -0.2) is 18.7 Å². The molecule has 0 aliphatic carbocycles. The summed E-state index contributed by atoms with van der Waals surface area (Å²) < 4.78 is 85.8. The number of anilines is 2. The number of aromatic amines is 1. The van der Waals surface area contributed by atoms with Gasteiger partial charge in [-0.3, -0.25) is 28.5 Å². The van der Waals surface area contributed by atoms with E-state index in [1.54, 1.807) is 0 Å². The van der Waals surface area contributed by atoms with Crippen molar-refractivity contribution in [3.05, 3.63) is 111 Å². The molecular formula is C61H91N9O19P3S2+. The highest BCUT2D eigenvalue weighted by Crippen LogP contribution is 2.66. The molecule has 2 aromatic carbocycles. The van der Waals surface area contributed by atoms with Gasteiger partial charge in [0.15, 0.2) is 16.9 Å². The monoisotopic (exact) mass is 1410 g/mol. The molecule has 2 amide bonds. The lowest BCUT2D eigenvalue weighted by molar-refractivity contribution is -0.438. The number of nitrogens with one attached hydrogen (secondary N) is 3. The molecule has 9 N–H and O–H groups in total. The Hall–Kier alpha value is -4.91. The van der Waals surface area contributed by atoms with E-state index in [2.05, 4.69) is 159 Å². The molecule has 7 rings (SSSR count). The normalized spacial score (nSPS) is 19.6. The van der Waals surface area contributed by atoms with Gasteiger partial charge in [0.25, 0.3) is 5.56 Å². The first-order valence-corrected chi connectivity index (χ1v) is 37.9. The molecule has 5 heterocycles. The molecule has 3 aliphatic heterocycles. The maximum absolute atomic E-state index is 12.7. The predicted octanol–water partition coefficient (Wildman–Crippen LogP) is 8.59. The van der Waals surface area contributed by atoms with Crippen LogP contribution in [-0.2, 0) is 75.7 Å². The van der Waals surface area contributed by atoms with Gasteiger partial charge in [-0.2, -0.15) is 18.2 Å². The third-order valence-electron chi connectivity index (χ3n) is 15.7. The molecule has 0 radical (unpaired) electrons. The molecule has 0 spiro atoms. The number of hydrogen-bond donors (Lipinski definition) is 8. The summed E-state index contributed by atoms with van der Waals surface area (Å²) in [5.74, 6) is -0.388. The molecule has 0 saturated carbocycles. The summed E-state index contributed by atoms with van der Waals surface area (Å²) in [5, 5.41) is 5.86. The highest BCUT2D eigenvalue weighted by molar-refractivity contribution is 8.77. The fraction of sp³-hybridized carbons (Fsp3) is 0.574. The number of phosphoric acid groups is 3. The Morgan fingerprint density at radius 1 is 0.840 bits per heavy atom. The average Bonchev–Trinajstić information content (AvgIpc) is 1.61. The standard InChI is InChI=1S/C61H90N9O19P3S2/c1-10-68-46-22-20-42(2)35-44(46)60(6,7)50(68)17-13-11-14-18-51-61(8,9)45-36-43(3)21-23-47(45)69(51)26-16-12-15-19-52(71)63-25-28-82-30-32-84-34-33-83-31-29-81-27-24-53(72)64-39-59(4,5)94-93-41-85-48-37-54(70-40-65-55-56(70)66-58(62)67-57(55)73)87-49(48)38-86-91(77,78)89-92(79,80)88-90(74,75)76/h11,13-14,17-18,20-23,35-36,40,48-49,54H,10,12,15-16,19,24-34,37-39,41H2,1-9H3,(H8-,62,63,64,66,67,71,72,73,74,75,76,77,78,79,80)/p+1/t48-,49-,54-/m1/s1. The number of imidazole rings is 1. The van der Waals surface area contributed by atoms with Crippen LogP contribution in [-0.4, -0.2) is 170 Å². The van der Waals surface area contributed by atoms with Gasteiger partial charge >= 0.3 is 23.5 Å². The fourth-order valence-electron chi connectivity index (χ4n) is 11.1. The predicted molar refractivity (Wildman–Crippen MR) is 360 cm³/mol. The van der Waals surface area contributed by atoms with E-state index in [-0.39, 0.29) is 78.3 Å². The van der Waals surface area contributed by atoms with Gasteiger partial charge in [0.1, 0.15) is 24.8 Å². The number of ether oxygens (including phenoxy) is 6. The molecule has 0 bridgehead atoms. The number of fused-ring (bicyclic) bond motifs is 3. The highest BCUT2D eigenvalue weighted by Gasteiger charge is 2.46. The number of amides is 2.